The molecule has 0 saturated carbocycles. The van der Waals surface area contributed by atoms with Gasteiger partial charge in [-0.1, -0.05) is 123 Å². The third-order valence-electron chi connectivity index (χ3n) is 10.5. The van der Waals surface area contributed by atoms with Crippen molar-refractivity contribution in [3.8, 4) is 56.3 Å². The molecule has 0 unspecified atom stereocenters. The molecule has 0 atom stereocenters. The summed E-state index contributed by atoms with van der Waals surface area (Å²) in [5.41, 5.74) is 15.3. The lowest BCUT2D eigenvalue weighted by molar-refractivity contribution is 0.590. The van der Waals surface area contributed by atoms with Gasteiger partial charge in [-0.2, -0.15) is 0 Å². The van der Waals surface area contributed by atoms with E-state index in [1.807, 2.05) is 30.3 Å². The first-order chi connectivity index (χ1) is 24.1. The maximum Gasteiger partial charge on any atom is 0.227 e. The third-order valence-corrected chi connectivity index (χ3v) is 10.5. The van der Waals surface area contributed by atoms with Crippen LogP contribution in [0.1, 0.15) is 25.0 Å². The number of oxazole rings is 1. The van der Waals surface area contributed by atoms with Gasteiger partial charge >= 0.3 is 0 Å². The molecule has 0 aliphatic heterocycles. The number of benzene rings is 7. The van der Waals surface area contributed by atoms with Gasteiger partial charge < -0.3 is 9.32 Å². The van der Waals surface area contributed by atoms with Gasteiger partial charge in [0, 0.05) is 44.6 Å². The number of hydrogen-bond donors (Lipinski definition) is 0. The maximum atomic E-state index is 6.40. The molecule has 8 aromatic rings. The van der Waals surface area contributed by atoms with E-state index in [1.54, 1.807) is 0 Å². The number of aromatic nitrogens is 1. The van der Waals surface area contributed by atoms with Crippen LogP contribution in [0, 0.1) is 0 Å². The van der Waals surface area contributed by atoms with E-state index in [9.17, 15) is 0 Å². The van der Waals surface area contributed by atoms with Gasteiger partial charge in [-0.3, -0.25) is 0 Å². The monoisotopic (exact) mass is 628 g/mol. The minimum Gasteiger partial charge on any atom is -0.435 e. The van der Waals surface area contributed by atoms with E-state index < -0.39 is 0 Å². The van der Waals surface area contributed by atoms with Crippen molar-refractivity contribution in [1.82, 2.24) is 4.98 Å². The Bertz CT molecular complexity index is 2530. The Morgan fingerprint density at radius 2 is 1.12 bits per heavy atom. The van der Waals surface area contributed by atoms with Gasteiger partial charge in [0.1, 0.15) is 5.69 Å². The highest BCUT2D eigenvalue weighted by atomic mass is 16.4. The molecule has 0 bridgehead atoms. The summed E-state index contributed by atoms with van der Waals surface area (Å²) < 4.78 is 6.40. The summed E-state index contributed by atoms with van der Waals surface area (Å²) in [5, 5.41) is 2.41. The molecule has 0 fully saturated rings. The molecule has 7 aromatic carbocycles. The molecular weight excluding hydrogens is 597 g/mol. The zero-order valence-corrected chi connectivity index (χ0v) is 27.3. The van der Waals surface area contributed by atoms with Crippen LogP contribution in [0.15, 0.2) is 162 Å². The predicted molar refractivity (Wildman–Crippen MR) is 202 cm³/mol. The highest BCUT2D eigenvalue weighted by molar-refractivity contribution is 6.17. The van der Waals surface area contributed by atoms with Crippen molar-refractivity contribution >= 4 is 27.8 Å². The van der Waals surface area contributed by atoms with Crippen molar-refractivity contribution in [1.29, 1.82) is 0 Å². The van der Waals surface area contributed by atoms with Crippen molar-refractivity contribution in [3.05, 3.63) is 169 Å². The molecule has 1 heterocycles. The Labute approximate surface area is 285 Å². The molecule has 0 amide bonds. The van der Waals surface area contributed by atoms with Crippen LogP contribution in [0.5, 0.6) is 0 Å². The fraction of sp³-hybridized carbons (Fsp3) is 0.0652. The van der Waals surface area contributed by atoms with Crippen LogP contribution in [-0.4, -0.2) is 4.98 Å². The van der Waals surface area contributed by atoms with Crippen LogP contribution >= 0.6 is 0 Å². The molecule has 2 aliphatic carbocycles. The standard InChI is InChI=1S/C46H32N2O/c1-46(2)40-19-10-9-16-35(40)36-25-24-33(28-41(36)46)48(31-14-7-4-8-15-31)32-22-20-29(21-23-32)34-26-27-38-42-37(34)17-11-18-39(42)44-43(38)47-45(49-44)30-12-5-3-6-13-30/h3-28H,1-2H3. The first-order valence-electron chi connectivity index (χ1n) is 16.9. The van der Waals surface area contributed by atoms with Gasteiger partial charge in [0.25, 0.3) is 0 Å². The van der Waals surface area contributed by atoms with Crippen molar-refractivity contribution in [2.24, 2.45) is 0 Å². The molecule has 0 radical (unpaired) electrons. The Balaban J connectivity index is 1.05. The van der Waals surface area contributed by atoms with Crippen LogP contribution in [0.2, 0.25) is 0 Å². The minimum atomic E-state index is -0.0710. The molecule has 2 aliphatic rings. The second-order valence-electron chi connectivity index (χ2n) is 13.6. The Kier molecular flexibility index (Phi) is 5.92. The molecule has 10 rings (SSSR count). The topological polar surface area (TPSA) is 29.3 Å². The highest BCUT2D eigenvalue weighted by Crippen LogP contribution is 2.52. The summed E-state index contributed by atoms with van der Waals surface area (Å²) in [6.07, 6.45) is 0. The van der Waals surface area contributed by atoms with Crippen LogP contribution in [0.4, 0.5) is 17.1 Å². The van der Waals surface area contributed by atoms with E-state index in [0.29, 0.717) is 5.89 Å². The van der Waals surface area contributed by atoms with Gasteiger partial charge in [0.2, 0.25) is 5.89 Å². The second kappa shape index (κ2) is 10.4. The van der Waals surface area contributed by atoms with Crippen molar-refractivity contribution < 1.29 is 4.42 Å². The van der Waals surface area contributed by atoms with Gasteiger partial charge in [-0.05, 0) is 87.3 Å². The molecule has 1 aromatic heterocycles. The molecule has 0 N–H and O–H groups in total. The first-order valence-corrected chi connectivity index (χ1v) is 16.9. The lowest BCUT2D eigenvalue weighted by atomic mass is 9.82. The summed E-state index contributed by atoms with van der Waals surface area (Å²) in [6, 6.07) is 56.5. The quantitative estimate of drug-likeness (QED) is 0.190. The zero-order valence-electron chi connectivity index (χ0n) is 27.3. The van der Waals surface area contributed by atoms with Gasteiger partial charge in [0.15, 0.2) is 5.76 Å². The SMILES string of the molecule is CC1(C)c2ccccc2-c2ccc(N(c3ccccc3)c3ccc(-c4ccc5c6c(cccc46)-c4oc(-c6ccccc6)nc4-5)cc3)cc21. The molecule has 0 spiro atoms. The van der Waals surface area contributed by atoms with E-state index in [0.717, 1.165) is 45.2 Å². The van der Waals surface area contributed by atoms with E-state index in [2.05, 4.69) is 146 Å². The average Bonchev–Trinajstić information content (AvgIpc) is 3.79. The normalized spacial score (nSPS) is 13.3. The Hall–Kier alpha value is -6.19. The Morgan fingerprint density at radius 3 is 1.94 bits per heavy atom. The summed E-state index contributed by atoms with van der Waals surface area (Å²) in [5.74, 6) is 1.51. The number of fused-ring (bicyclic) bond motifs is 6. The summed E-state index contributed by atoms with van der Waals surface area (Å²) >= 11 is 0. The molecule has 0 saturated heterocycles. The van der Waals surface area contributed by atoms with Crippen molar-refractivity contribution in [3.63, 3.8) is 0 Å². The number of hydrogen-bond acceptors (Lipinski definition) is 3. The summed E-state index contributed by atoms with van der Waals surface area (Å²) in [4.78, 5) is 7.33. The van der Waals surface area contributed by atoms with E-state index in [1.165, 1.54) is 44.2 Å². The zero-order chi connectivity index (χ0) is 32.7. The number of nitrogens with zero attached hydrogens (tertiary/aromatic N) is 2. The van der Waals surface area contributed by atoms with Crippen molar-refractivity contribution in [2.75, 3.05) is 4.90 Å². The molecule has 3 nitrogen and oxygen atoms in total. The second-order valence-corrected chi connectivity index (χ2v) is 13.6. The van der Waals surface area contributed by atoms with Gasteiger partial charge in [-0.15, -0.1) is 0 Å². The first kappa shape index (κ1) is 27.9. The van der Waals surface area contributed by atoms with Crippen LogP contribution < -0.4 is 4.90 Å². The highest BCUT2D eigenvalue weighted by Gasteiger charge is 2.36. The summed E-state index contributed by atoms with van der Waals surface area (Å²) in [7, 11) is 0. The average molecular weight is 629 g/mol. The van der Waals surface area contributed by atoms with Gasteiger partial charge in [0.05, 0.1) is 0 Å². The van der Waals surface area contributed by atoms with E-state index in [-0.39, 0.29) is 5.41 Å². The van der Waals surface area contributed by atoms with Crippen molar-refractivity contribution in [2.45, 2.75) is 19.3 Å². The van der Waals surface area contributed by atoms with Crippen LogP contribution in [0.25, 0.3) is 67.1 Å². The minimum absolute atomic E-state index is 0.0710. The fourth-order valence-corrected chi connectivity index (χ4v) is 8.08. The third kappa shape index (κ3) is 4.12. The largest absolute Gasteiger partial charge is 0.435 e. The smallest absolute Gasteiger partial charge is 0.227 e. The lowest BCUT2D eigenvalue weighted by Crippen LogP contribution is -2.16. The lowest BCUT2D eigenvalue weighted by Gasteiger charge is -2.28. The fourth-order valence-electron chi connectivity index (χ4n) is 8.08. The summed E-state index contributed by atoms with van der Waals surface area (Å²) in [6.45, 7) is 4.68. The molecule has 232 valence electrons. The predicted octanol–water partition coefficient (Wildman–Crippen LogP) is 12.6. The maximum absolute atomic E-state index is 6.40. The van der Waals surface area contributed by atoms with Crippen LogP contribution in [-0.2, 0) is 5.41 Å². The number of anilines is 3. The van der Waals surface area contributed by atoms with E-state index in [4.69, 9.17) is 9.40 Å². The molecular formula is C46H32N2O. The Morgan fingerprint density at radius 1 is 0.490 bits per heavy atom. The molecule has 49 heavy (non-hydrogen) atoms. The van der Waals surface area contributed by atoms with E-state index >= 15 is 0 Å². The molecule has 3 heteroatoms. The van der Waals surface area contributed by atoms with Gasteiger partial charge in [-0.25, -0.2) is 4.98 Å². The van der Waals surface area contributed by atoms with Crippen LogP contribution in [0.3, 0.4) is 0 Å². The number of rotatable bonds is 5. The number of para-hydroxylation sites is 1.